The van der Waals surface area contributed by atoms with E-state index in [4.69, 9.17) is 0 Å². The van der Waals surface area contributed by atoms with Crippen molar-refractivity contribution in [3.05, 3.63) is 0 Å². The second kappa shape index (κ2) is 2.51. The predicted octanol–water partition coefficient (Wildman–Crippen LogP) is 0.494. The summed E-state index contributed by atoms with van der Waals surface area (Å²) in [5, 5.41) is 0. The van der Waals surface area contributed by atoms with E-state index in [2.05, 4.69) is 12.8 Å². The van der Waals surface area contributed by atoms with E-state index in [1.807, 2.05) is 0 Å². The molecule has 8 heavy (non-hydrogen) atoms. The zero-order valence-corrected chi connectivity index (χ0v) is 5.47. The highest BCUT2D eigenvalue weighted by atomic mass is 32.1. The molecule has 0 saturated carbocycles. The monoisotopic (exact) mass is 131 g/mol. The lowest BCUT2D eigenvalue weighted by Gasteiger charge is -2.09. The molecular weight excluding hydrogens is 122 g/mol. The van der Waals surface area contributed by atoms with Crippen LogP contribution in [0.15, 0.2) is 0 Å². The number of hydrogen-bond acceptors (Lipinski definition) is 3. The fourth-order valence-corrected chi connectivity index (χ4v) is 1.23. The first-order valence-electron chi connectivity index (χ1n) is 2.75. The Balaban J connectivity index is 2.41. The van der Waals surface area contributed by atoms with Gasteiger partial charge in [0.05, 0.1) is 6.04 Å². The lowest BCUT2D eigenvalue weighted by atomic mass is 10.2. The molecule has 0 aromatic heterocycles. The third-order valence-corrected chi connectivity index (χ3v) is 1.92. The van der Waals surface area contributed by atoms with Crippen LogP contribution in [-0.2, 0) is 4.79 Å². The molecule has 0 bridgehead atoms. The zero-order valence-electron chi connectivity index (χ0n) is 4.58. The maximum atomic E-state index is 10.1. The highest BCUT2D eigenvalue weighted by Gasteiger charge is 2.19. The first-order chi connectivity index (χ1) is 3.84. The molecule has 0 amide bonds. The summed E-state index contributed by atoms with van der Waals surface area (Å²) in [7, 11) is 0. The van der Waals surface area contributed by atoms with Crippen LogP contribution in [0.1, 0.15) is 12.8 Å². The second-order valence-electron chi connectivity index (χ2n) is 2.01. The molecule has 0 aromatic carbocycles. The average molecular weight is 131 g/mol. The number of rotatable bonds is 1. The molecule has 1 rings (SSSR count). The van der Waals surface area contributed by atoms with Crippen LogP contribution in [0.25, 0.3) is 0 Å². The van der Waals surface area contributed by atoms with E-state index in [0.29, 0.717) is 0 Å². The molecular formula is C5H9NOS. The van der Waals surface area contributed by atoms with Crippen molar-refractivity contribution in [1.82, 2.24) is 4.31 Å². The lowest BCUT2D eigenvalue weighted by Crippen LogP contribution is -2.20. The predicted molar refractivity (Wildman–Crippen MR) is 34.8 cm³/mol. The molecule has 0 aromatic rings. The SMILES string of the molecule is O=C[C@H]1CCCN1S. The Bertz CT molecular complexity index is 96.4. The Morgan fingerprint density at radius 3 is 2.75 bits per heavy atom. The molecule has 1 atom stereocenters. The standard InChI is InChI=1S/C5H9NOS/c7-4-5-2-1-3-6(5)8/h4-5,8H,1-3H2/t5-/m1/s1. The number of thiol groups is 1. The van der Waals surface area contributed by atoms with E-state index in [-0.39, 0.29) is 6.04 Å². The van der Waals surface area contributed by atoms with E-state index >= 15 is 0 Å². The highest BCUT2D eigenvalue weighted by molar-refractivity contribution is 7.77. The molecule has 3 heteroatoms. The highest BCUT2D eigenvalue weighted by Crippen LogP contribution is 2.15. The van der Waals surface area contributed by atoms with Gasteiger partial charge in [-0.25, -0.2) is 4.31 Å². The van der Waals surface area contributed by atoms with E-state index in [9.17, 15) is 4.79 Å². The van der Waals surface area contributed by atoms with Crippen molar-refractivity contribution < 1.29 is 4.79 Å². The molecule has 0 radical (unpaired) electrons. The van der Waals surface area contributed by atoms with Gasteiger partial charge in [0.2, 0.25) is 0 Å². The van der Waals surface area contributed by atoms with Crippen LogP contribution in [0.5, 0.6) is 0 Å². The summed E-state index contributed by atoms with van der Waals surface area (Å²) in [5.74, 6) is 0. The molecule has 1 heterocycles. The van der Waals surface area contributed by atoms with Crippen molar-refractivity contribution in [2.24, 2.45) is 0 Å². The molecule has 2 nitrogen and oxygen atoms in total. The van der Waals surface area contributed by atoms with Gasteiger partial charge in [-0.1, -0.05) is 12.8 Å². The average Bonchev–Trinajstić information content (AvgIpc) is 2.14. The van der Waals surface area contributed by atoms with Crippen LogP contribution in [0.2, 0.25) is 0 Å². The van der Waals surface area contributed by atoms with Crippen molar-refractivity contribution in [1.29, 1.82) is 0 Å². The van der Waals surface area contributed by atoms with E-state index < -0.39 is 0 Å². The number of nitrogens with zero attached hydrogens (tertiary/aromatic N) is 1. The number of carbonyl (C=O) groups excluding carboxylic acids is 1. The Labute approximate surface area is 54.4 Å². The van der Waals surface area contributed by atoms with Gasteiger partial charge in [0, 0.05) is 6.54 Å². The van der Waals surface area contributed by atoms with Crippen LogP contribution in [0, 0.1) is 0 Å². The van der Waals surface area contributed by atoms with Gasteiger partial charge >= 0.3 is 0 Å². The minimum atomic E-state index is 0.0818. The fraction of sp³-hybridized carbons (Fsp3) is 0.800. The molecule has 0 N–H and O–H groups in total. The van der Waals surface area contributed by atoms with Gasteiger partial charge in [-0.3, -0.25) is 0 Å². The summed E-state index contributed by atoms with van der Waals surface area (Å²) < 4.78 is 1.78. The van der Waals surface area contributed by atoms with Gasteiger partial charge in [0.1, 0.15) is 6.29 Å². The normalized spacial score (nSPS) is 30.9. The van der Waals surface area contributed by atoms with E-state index in [0.717, 1.165) is 25.7 Å². The van der Waals surface area contributed by atoms with Crippen LogP contribution in [-0.4, -0.2) is 23.2 Å². The van der Waals surface area contributed by atoms with Gasteiger partial charge in [-0.05, 0) is 12.8 Å². The van der Waals surface area contributed by atoms with Crippen molar-refractivity contribution >= 4 is 19.1 Å². The molecule has 1 saturated heterocycles. The molecule has 0 spiro atoms. The van der Waals surface area contributed by atoms with E-state index in [1.165, 1.54) is 0 Å². The summed E-state index contributed by atoms with van der Waals surface area (Å²) in [4.78, 5) is 10.1. The van der Waals surface area contributed by atoms with Crippen LogP contribution in [0.4, 0.5) is 0 Å². The third kappa shape index (κ3) is 1.03. The van der Waals surface area contributed by atoms with Crippen LogP contribution in [0.3, 0.4) is 0 Å². The molecule has 0 unspecified atom stereocenters. The first-order valence-corrected chi connectivity index (χ1v) is 3.15. The Hall–Kier alpha value is -0.0200. The van der Waals surface area contributed by atoms with Gasteiger partial charge < -0.3 is 4.79 Å². The minimum Gasteiger partial charge on any atom is -0.302 e. The summed E-state index contributed by atoms with van der Waals surface area (Å²) >= 11 is 4.07. The van der Waals surface area contributed by atoms with Gasteiger partial charge in [-0.15, -0.1) is 0 Å². The summed E-state index contributed by atoms with van der Waals surface area (Å²) in [6, 6.07) is 0.0818. The zero-order chi connectivity index (χ0) is 5.98. The largest absolute Gasteiger partial charge is 0.302 e. The maximum Gasteiger partial charge on any atom is 0.138 e. The second-order valence-corrected chi connectivity index (χ2v) is 2.52. The number of aldehydes is 1. The smallest absolute Gasteiger partial charge is 0.138 e. The summed E-state index contributed by atoms with van der Waals surface area (Å²) in [5.41, 5.74) is 0. The van der Waals surface area contributed by atoms with Crippen molar-refractivity contribution in [3.63, 3.8) is 0 Å². The minimum absolute atomic E-state index is 0.0818. The Morgan fingerprint density at radius 1 is 1.75 bits per heavy atom. The van der Waals surface area contributed by atoms with Gasteiger partial charge in [-0.2, -0.15) is 0 Å². The van der Waals surface area contributed by atoms with Gasteiger partial charge in [0.25, 0.3) is 0 Å². The molecule has 1 aliphatic heterocycles. The fourth-order valence-electron chi connectivity index (χ4n) is 0.916. The van der Waals surface area contributed by atoms with Crippen LogP contribution < -0.4 is 0 Å². The third-order valence-electron chi connectivity index (χ3n) is 1.43. The molecule has 1 aliphatic rings. The van der Waals surface area contributed by atoms with Crippen LogP contribution >= 0.6 is 12.8 Å². The number of carbonyl (C=O) groups is 1. The van der Waals surface area contributed by atoms with Crippen molar-refractivity contribution in [3.8, 4) is 0 Å². The molecule has 46 valence electrons. The van der Waals surface area contributed by atoms with Crippen molar-refractivity contribution in [2.75, 3.05) is 6.54 Å². The van der Waals surface area contributed by atoms with Crippen molar-refractivity contribution in [2.45, 2.75) is 18.9 Å². The van der Waals surface area contributed by atoms with Gasteiger partial charge in [0.15, 0.2) is 0 Å². The maximum absolute atomic E-state index is 10.1. The molecule has 0 aliphatic carbocycles. The lowest BCUT2D eigenvalue weighted by molar-refractivity contribution is -0.110. The summed E-state index contributed by atoms with van der Waals surface area (Å²) in [6.45, 7) is 0.951. The first kappa shape index (κ1) is 6.11. The number of hydrogen-bond donors (Lipinski definition) is 1. The Kier molecular flexibility index (Phi) is 1.91. The topological polar surface area (TPSA) is 20.3 Å². The quantitative estimate of drug-likeness (QED) is 0.413. The van der Waals surface area contributed by atoms with E-state index in [1.54, 1.807) is 4.31 Å². The Morgan fingerprint density at radius 2 is 2.50 bits per heavy atom. The molecule has 1 fully saturated rings. The summed E-state index contributed by atoms with van der Waals surface area (Å²) in [6.07, 6.45) is 3.04.